The quantitative estimate of drug-likeness (QED) is 0.721. The lowest BCUT2D eigenvalue weighted by atomic mass is 9.79. The molecule has 1 aliphatic rings. The third-order valence-corrected chi connectivity index (χ3v) is 3.92. The van der Waals surface area contributed by atoms with Gasteiger partial charge in [0.15, 0.2) is 0 Å². The lowest BCUT2D eigenvalue weighted by Crippen LogP contribution is -2.38. The Hall–Kier alpha value is -0.120. The summed E-state index contributed by atoms with van der Waals surface area (Å²) in [6.45, 7) is 7.33. The highest BCUT2D eigenvalue weighted by Gasteiger charge is 2.25. The van der Waals surface area contributed by atoms with Crippen molar-refractivity contribution in [3.05, 3.63) is 0 Å². The van der Waals surface area contributed by atoms with Crippen LogP contribution in [0.25, 0.3) is 0 Å². The van der Waals surface area contributed by atoms with Crippen LogP contribution in [0.15, 0.2) is 0 Å². The van der Waals surface area contributed by atoms with Crippen molar-refractivity contribution >= 4 is 0 Å². The van der Waals surface area contributed by atoms with Gasteiger partial charge in [-0.05, 0) is 37.8 Å². The van der Waals surface area contributed by atoms with Gasteiger partial charge in [-0.2, -0.15) is 0 Å². The summed E-state index contributed by atoms with van der Waals surface area (Å²) in [6.07, 6.45) is 5.47. The Balaban J connectivity index is 2.35. The number of hydrogen-bond acceptors (Lipinski definition) is 3. The molecular formula is C13H28N2O. The first-order valence-corrected chi connectivity index (χ1v) is 6.73. The van der Waals surface area contributed by atoms with Gasteiger partial charge in [-0.25, -0.2) is 0 Å². The zero-order chi connectivity index (χ0) is 11.8. The topological polar surface area (TPSA) is 38.5 Å². The van der Waals surface area contributed by atoms with Crippen LogP contribution >= 0.6 is 0 Å². The minimum absolute atomic E-state index is 0.755. The third-order valence-electron chi connectivity index (χ3n) is 3.92. The Kier molecular flexibility index (Phi) is 7.01. The molecule has 0 aromatic carbocycles. The summed E-state index contributed by atoms with van der Waals surface area (Å²) in [5.74, 6) is 1.57. The van der Waals surface area contributed by atoms with Crippen LogP contribution in [0, 0.1) is 11.8 Å². The molecule has 0 aromatic rings. The SMILES string of the molecule is CCN(CCOC)CC1CCCCC1CN. The van der Waals surface area contributed by atoms with Crippen molar-refractivity contribution in [2.24, 2.45) is 17.6 Å². The Morgan fingerprint density at radius 3 is 2.50 bits per heavy atom. The maximum atomic E-state index is 5.87. The lowest BCUT2D eigenvalue weighted by molar-refractivity contribution is 0.116. The van der Waals surface area contributed by atoms with Crippen LogP contribution in [-0.2, 0) is 4.74 Å². The van der Waals surface area contributed by atoms with Gasteiger partial charge < -0.3 is 15.4 Å². The molecule has 0 saturated heterocycles. The van der Waals surface area contributed by atoms with Gasteiger partial charge in [0.25, 0.3) is 0 Å². The fourth-order valence-electron chi connectivity index (χ4n) is 2.77. The van der Waals surface area contributed by atoms with E-state index in [9.17, 15) is 0 Å². The van der Waals surface area contributed by atoms with Crippen LogP contribution in [0.5, 0.6) is 0 Å². The standard InChI is InChI=1S/C13H28N2O/c1-3-15(8-9-16-2)11-13-7-5-4-6-12(13)10-14/h12-13H,3-11,14H2,1-2H3. The van der Waals surface area contributed by atoms with E-state index in [1.165, 1.54) is 32.2 Å². The average molecular weight is 228 g/mol. The van der Waals surface area contributed by atoms with Gasteiger partial charge in [-0.1, -0.05) is 19.8 Å². The summed E-state index contributed by atoms with van der Waals surface area (Å²) in [6, 6.07) is 0. The highest BCUT2D eigenvalue weighted by molar-refractivity contribution is 4.78. The molecule has 1 rings (SSSR count). The fourth-order valence-corrected chi connectivity index (χ4v) is 2.77. The van der Waals surface area contributed by atoms with Crippen molar-refractivity contribution in [3.8, 4) is 0 Å². The van der Waals surface area contributed by atoms with E-state index in [2.05, 4.69) is 11.8 Å². The first-order chi connectivity index (χ1) is 7.81. The molecule has 0 heterocycles. The van der Waals surface area contributed by atoms with Gasteiger partial charge in [0.2, 0.25) is 0 Å². The molecule has 1 saturated carbocycles. The van der Waals surface area contributed by atoms with E-state index < -0.39 is 0 Å². The van der Waals surface area contributed by atoms with Crippen molar-refractivity contribution in [3.63, 3.8) is 0 Å². The smallest absolute Gasteiger partial charge is 0.0589 e. The minimum Gasteiger partial charge on any atom is -0.383 e. The summed E-state index contributed by atoms with van der Waals surface area (Å²) in [7, 11) is 1.77. The first-order valence-electron chi connectivity index (χ1n) is 6.73. The molecule has 1 fully saturated rings. The number of hydrogen-bond donors (Lipinski definition) is 1. The molecule has 0 amide bonds. The predicted octanol–water partition coefficient (Wildman–Crippen LogP) is 1.72. The molecule has 0 aromatic heterocycles. The van der Waals surface area contributed by atoms with Crippen molar-refractivity contribution in [2.75, 3.05) is 39.9 Å². The number of ether oxygens (including phenoxy) is 1. The number of rotatable bonds is 7. The van der Waals surface area contributed by atoms with Crippen LogP contribution in [0.3, 0.4) is 0 Å². The minimum atomic E-state index is 0.755. The van der Waals surface area contributed by atoms with Gasteiger partial charge in [-0.3, -0.25) is 0 Å². The molecule has 1 aliphatic carbocycles. The van der Waals surface area contributed by atoms with Gasteiger partial charge >= 0.3 is 0 Å². The van der Waals surface area contributed by atoms with Gasteiger partial charge in [0.05, 0.1) is 6.61 Å². The highest BCUT2D eigenvalue weighted by Crippen LogP contribution is 2.29. The van der Waals surface area contributed by atoms with Crippen LogP contribution < -0.4 is 5.73 Å². The van der Waals surface area contributed by atoms with E-state index in [1.807, 2.05) is 0 Å². The Bertz CT molecular complexity index is 175. The number of nitrogens with two attached hydrogens (primary N) is 1. The second-order valence-corrected chi connectivity index (χ2v) is 4.93. The van der Waals surface area contributed by atoms with Gasteiger partial charge in [0, 0.05) is 20.2 Å². The Morgan fingerprint density at radius 2 is 1.94 bits per heavy atom. The molecule has 0 radical (unpaired) electrons. The van der Waals surface area contributed by atoms with Crippen molar-refractivity contribution in [2.45, 2.75) is 32.6 Å². The molecule has 0 aliphatic heterocycles. The second-order valence-electron chi connectivity index (χ2n) is 4.93. The lowest BCUT2D eigenvalue weighted by Gasteiger charge is -2.34. The summed E-state index contributed by atoms with van der Waals surface area (Å²) in [4.78, 5) is 2.50. The molecule has 0 spiro atoms. The molecule has 2 atom stereocenters. The summed E-state index contributed by atoms with van der Waals surface area (Å²) >= 11 is 0. The predicted molar refractivity (Wildman–Crippen MR) is 68.5 cm³/mol. The zero-order valence-electron chi connectivity index (χ0n) is 11.0. The van der Waals surface area contributed by atoms with Crippen molar-refractivity contribution in [1.29, 1.82) is 0 Å². The van der Waals surface area contributed by atoms with Crippen LogP contribution in [0.4, 0.5) is 0 Å². The second kappa shape index (κ2) is 8.04. The number of methoxy groups -OCH3 is 1. The van der Waals surface area contributed by atoms with E-state index in [-0.39, 0.29) is 0 Å². The van der Waals surface area contributed by atoms with Gasteiger partial charge in [-0.15, -0.1) is 0 Å². The largest absolute Gasteiger partial charge is 0.383 e. The maximum absolute atomic E-state index is 5.87. The molecule has 3 nitrogen and oxygen atoms in total. The first kappa shape index (κ1) is 13.9. The van der Waals surface area contributed by atoms with E-state index in [0.717, 1.165) is 38.1 Å². The van der Waals surface area contributed by atoms with Crippen molar-refractivity contribution < 1.29 is 4.74 Å². The fraction of sp³-hybridized carbons (Fsp3) is 1.00. The molecular weight excluding hydrogens is 200 g/mol. The summed E-state index contributed by atoms with van der Waals surface area (Å²) < 4.78 is 5.15. The summed E-state index contributed by atoms with van der Waals surface area (Å²) in [5, 5.41) is 0. The van der Waals surface area contributed by atoms with E-state index >= 15 is 0 Å². The molecule has 16 heavy (non-hydrogen) atoms. The average Bonchev–Trinajstić information content (AvgIpc) is 2.34. The van der Waals surface area contributed by atoms with Gasteiger partial charge in [0.1, 0.15) is 0 Å². The highest BCUT2D eigenvalue weighted by atomic mass is 16.5. The Morgan fingerprint density at radius 1 is 1.25 bits per heavy atom. The van der Waals surface area contributed by atoms with Crippen LogP contribution in [-0.4, -0.2) is 44.8 Å². The molecule has 96 valence electrons. The molecule has 3 heteroatoms. The summed E-state index contributed by atoms with van der Waals surface area (Å²) in [5.41, 5.74) is 5.87. The number of likely N-dealkylation sites (N-methyl/N-ethyl adjacent to an activating group) is 1. The van der Waals surface area contributed by atoms with E-state index in [4.69, 9.17) is 10.5 Å². The molecule has 2 unspecified atom stereocenters. The normalized spacial score (nSPS) is 26.2. The number of nitrogens with zero attached hydrogens (tertiary/aromatic N) is 1. The zero-order valence-corrected chi connectivity index (χ0v) is 11.0. The molecule has 2 N–H and O–H groups in total. The van der Waals surface area contributed by atoms with Crippen LogP contribution in [0.2, 0.25) is 0 Å². The van der Waals surface area contributed by atoms with E-state index in [0.29, 0.717) is 0 Å². The van der Waals surface area contributed by atoms with E-state index in [1.54, 1.807) is 7.11 Å². The third kappa shape index (κ3) is 4.40. The Labute approximate surface area is 100 Å². The monoisotopic (exact) mass is 228 g/mol. The molecule has 0 bridgehead atoms. The maximum Gasteiger partial charge on any atom is 0.0589 e. The van der Waals surface area contributed by atoms with Crippen LogP contribution in [0.1, 0.15) is 32.6 Å². The van der Waals surface area contributed by atoms with Crippen molar-refractivity contribution in [1.82, 2.24) is 4.90 Å².